The molecular formula is C15H17N. The van der Waals surface area contributed by atoms with E-state index in [1.54, 1.807) is 0 Å². The van der Waals surface area contributed by atoms with E-state index < -0.39 is 0 Å². The lowest BCUT2D eigenvalue weighted by Gasteiger charge is -2.25. The van der Waals surface area contributed by atoms with E-state index in [9.17, 15) is 0 Å². The van der Waals surface area contributed by atoms with Crippen molar-refractivity contribution in [3.8, 4) is 11.8 Å². The summed E-state index contributed by atoms with van der Waals surface area (Å²) < 4.78 is 0. The summed E-state index contributed by atoms with van der Waals surface area (Å²) in [5.74, 6) is 7.16. The lowest BCUT2D eigenvalue weighted by molar-refractivity contribution is 0.401. The topological polar surface area (TPSA) is 12.9 Å². The minimum Gasteiger partial charge on any atom is -0.257 e. The molecule has 0 fully saturated rings. The van der Waals surface area contributed by atoms with Crippen LogP contribution in [0.15, 0.2) is 24.4 Å². The molecule has 0 spiro atoms. The average Bonchev–Trinajstić information content (AvgIpc) is 2.25. The molecule has 0 saturated heterocycles. The predicted octanol–water partition coefficient (Wildman–Crippen LogP) is 3.32. The SMILES string of the molecule is CC(C)C1(C)C#CCc2cccnc2C=C1. The maximum Gasteiger partial charge on any atom is 0.0668 e. The number of aromatic nitrogens is 1. The van der Waals surface area contributed by atoms with E-state index in [1.165, 1.54) is 5.56 Å². The van der Waals surface area contributed by atoms with E-state index in [0.29, 0.717) is 5.92 Å². The molecule has 1 unspecified atom stereocenters. The molecule has 0 saturated carbocycles. The van der Waals surface area contributed by atoms with Crippen molar-refractivity contribution in [3.63, 3.8) is 0 Å². The predicted molar refractivity (Wildman–Crippen MR) is 67.7 cm³/mol. The molecule has 1 nitrogen and oxygen atoms in total. The molecular weight excluding hydrogens is 194 g/mol. The summed E-state index contributed by atoms with van der Waals surface area (Å²) in [4.78, 5) is 4.39. The van der Waals surface area contributed by atoms with Crippen molar-refractivity contribution < 1.29 is 0 Å². The third kappa shape index (κ3) is 2.02. The van der Waals surface area contributed by atoms with Crippen molar-refractivity contribution in [1.82, 2.24) is 4.98 Å². The molecule has 1 aliphatic rings. The molecule has 0 aromatic carbocycles. The first-order chi connectivity index (χ1) is 7.62. The van der Waals surface area contributed by atoms with E-state index in [2.05, 4.69) is 55.8 Å². The van der Waals surface area contributed by atoms with Crippen LogP contribution in [0.5, 0.6) is 0 Å². The molecule has 0 amide bonds. The van der Waals surface area contributed by atoms with Gasteiger partial charge in [-0.25, -0.2) is 0 Å². The van der Waals surface area contributed by atoms with Crippen molar-refractivity contribution in [1.29, 1.82) is 0 Å². The van der Waals surface area contributed by atoms with Crippen LogP contribution < -0.4 is 0 Å². The monoisotopic (exact) mass is 211 g/mol. The molecule has 1 heterocycles. The highest BCUT2D eigenvalue weighted by molar-refractivity contribution is 5.53. The van der Waals surface area contributed by atoms with Crippen LogP contribution in [0.3, 0.4) is 0 Å². The number of hydrogen-bond acceptors (Lipinski definition) is 1. The van der Waals surface area contributed by atoms with Crippen LogP contribution in [0, 0.1) is 23.2 Å². The molecule has 1 aliphatic carbocycles. The molecule has 0 bridgehead atoms. The lowest BCUT2D eigenvalue weighted by atomic mass is 9.78. The Labute approximate surface area is 97.6 Å². The van der Waals surface area contributed by atoms with Crippen LogP contribution in [-0.4, -0.2) is 4.98 Å². The van der Waals surface area contributed by atoms with Gasteiger partial charge in [0, 0.05) is 18.0 Å². The van der Waals surface area contributed by atoms with Gasteiger partial charge in [0.15, 0.2) is 0 Å². The van der Waals surface area contributed by atoms with Gasteiger partial charge in [0.05, 0.1) is 5.69 Å². The fourth-order valence-electron chi connectivity index (χ4n) is 1.71. The highest BCUT2D eigenvalue weighted by Crippen LogP contribution is 2.29. The first-order valence-corrected chi connectivity index (χ1v) is 5.75. The molecule has 1 aromatic rings. The number of pyridine rings is 1. The Morgan fingerprint density at radius 2 is 2.25 bits per heavy atom. The second-order valence-corrected chi connectivity index (χ2v) is 4.80. The minimum atomic E-state index is -0.0325. The summed E-state index contributed by atoms with van der Waals surface area (Å²) >= 11 is 0. The second-order valence-electron chi connectivity index (χ2n) is 4.80. The summed E-state index contributed by atoms with van der Waals surface area (Å²) in [7, 11) is 0. The molecule has 1 aromatic heterocycles. The zero-order valence-electron chi connectivity index (χ0n) is 10.1. The Bertz CT molecular complexity index is 474. The molecule has 0 N–H and O–H groups in total. The quantitative estimate of drug-likeness (QED) is 0.649. The zero-order chi connectivity index (χ0) is 11.6. The summed E-state index contributed by atoms with van der Waals surface area (Å²) in [6, 6.07) is 4.07. The van der Waals surface area contributed by atoms with E-state index in [0.717, 1.165) is 12.1 Å². The van der Waals surface area contributed by atoms with E-state index in [4.69, 9.17) is 0 Å². The Kier molecular flexibility index (Phi) is 2.83. The average molecular weight is 211 g/mol. The van der Waals surface area contributed by atoms with Crippen molar-refractivity contribution in [2.24, 2.45) is 11.3 Å². The fourth-order valence-corrected chi connectivity index (χ4v) is 1.71. The van der Waals surface area contributed by atoms with Crippen LogP contribution in [-0.2, 0) is 6.42 Å². The van der Waals surface area contributed by atoms with Gasteiger partial charge in [-0.3, -0.25) is 4.98 Å². The summed E-state index contributed by atoms with van der Waals surface area (Å²) in [6.45, 7) is 6.61. The second kappa shape index (κ2) is 4.14. The van der Waals surface area contributed by atoms with E-state index >= 15 is 0 Å². The maximum absolute atomic E-state index is 4.39. The standard InChI is InChI=1S/C15H17N/c1-12(2)15(3)9-4-6-13-7-5-11-16-14(13)8-10-15/h5,7-8,10-12H,6H2,1-3H3. The zero-order valence-corrected chi connectivity index (χ0v) is 10.1. The first kappa shape index (κ1) is 11.0. The Balaban J connectivity index is 2.44. The van der Waals surface area contributed by atoms with Crippen LogP contribution in [0.4, 0.5) is 0 Å². The van der Waals surface area contributed by atoms with Gasteiger partial charge >= 0.3 is 0 Å². The summed E-state index contributed by atoms with van der Waals surface area (Å²) in [5.41, 5.74) is 2.25. The van der Waals surface area contributed by atoms with Crippen molar-refractivity contribution >= 4 is 6.08 Å². The molecule has 1 heteroatoms. The van der Waals surface area contributed by atoms with Gasteiger partial charge in [-0.1, -0.05) is 37.8 Å². The molecule has 1 atom stereocenters. The maximum atomic E-state index is 4.39. The largest absolute Gasteiger partial charge is 0.257 e. The molecule has 0 aliphatic heterocycles. The number of rotatable bonds is 1. The fraction of sp³-hybridized carbons (Fsp3) is 0.400. The van der Waals surface area contributed by atoms with Gasteiger partial charge < -0.3 is 0 Å². The van der Waals surface area contributed by atoms with Crippen LogP contribution in [0.2, 0.25) is 0 Å². The van der Waals surface area contributed by atoms with Gasteiger partial charge in [0.25, 0.3) is 0 Å². The van der Waals surface area contributed by atoms with E-state index in [1.807, 2.05) is 12.3 Å². The lowest BCUT2D eigenvalue weighted by Crippen LogP contribution is -2.19. The Morgan fingerprint density at radius 3 is 3.00 bits per heavy atom. The normalized spacial score (nSPS) is 23.0. The number of fused-ring (bicyclic) bond motifs is 1. The summed E-state index contributed by atoms with van der Waals surface area (Å²) in [6.07, 6.45) is 6.94. The number of hydrogen-bond donors (Lipinski definition) is 0. The summed E-state index contributed by atoms with van der Waals surface area (Å²) in [5, 5.41) is 0. The number of allylic oxidation sites excluding steroid dienone is 1. The van der Waals surface area contributed by atoms with Crippen molar-refractivity contribution in [2.75, 3.05) is 0 Å². The van der Waals surface area contributed by atoms with Crippen LogP contribution >= 0.6 is 0 Å². The van der Waals surface area contributed by atoms with Crippen molar-refractivity contribution in [2.45, 2.75) is 27.2 Å². The molecule has 16 heavy (non-hydrogen) atoms. The highest BCUT2D eigenvalue weighted by atomic mass is 14.7. The van der Waals surface area contributed by atoms with Gasteiger partial charge in [-0.2, -0.15) is 0 Å². The first-order valence-electron chi connectivity index (χ1n) is 5.75. The molecule has 82 valence electrons. The van der Waals surface area contributed by atoms with Crippen LogP contribution in [0.25, 0.3) is 6.08 Å². The molecule has 2 rings (SSSR count). The third-order valence-corrected chi connectivity index (χ3v) is 3.35. The Hall–Kier alpha value is -1.55. The van der Waals surface area contributed by atoms with Crippen LogP contribution in [0.1, 0.15) is 32.0 Å². The third-order valence-electron chi connectivity index (χ3n) is 3.35. The Morgan fingerprint density at radius 1 is 1.44 bits per heavy atom. The van der Waals surface area contributed by atoms with Crippen molar-refractivity contribution in [3.05, 3.63) is 35.7 Å². The molecule has 0 radical (unpaired) electrons. The van der Waals surface area contributed by atoms with Gasteiger partial charge in [0.2, 0.25) is 0 Å². The van der Waals surface area contributed by atoms with Gasteiger partial charge in [-0.05, 0) is 30.5 Å². The van der Waals surface area contributed by atoms with Gasteiger partial charge in [0.1, 0.15) is 0 Å². The van der Waals surface area contributed by atoms with E-state index in [-0.39, 0.29) is 5.41 Å². The minimum absolute atomic E-state index is 0.0325. The highest BCUT2D eigenvalue weighted by Gasteiger charge is 2.23. The van der Waals surface area contributed by atoms with Gasteiger partial charge in [-0.15, -0.1) is 0 Å². The number of nitrogens with zero attached hydrogens (tertiary/aromatic N) is 1. The smallest absolute Gasteiger partial charge is 0.0668 e.